The molecule has 0 saturated carbocycles. The zero-order chi connectivity index (χ0) is 23.1. The summed E-state index contributed by atoms with van der Waals surface area (Å²) in [5.74, 6) is 1.70. The number of thiocarbonyl (C=S) groups is 1. The number of carbonyl (C=O) groups is 1. The van der Waals surface area contributed by atoms with Crippen molar-refractivity contribution < 1.29 is 9.21 Å². The second-order valence-electron chi connectivity index (χ2n) is 8.61. The number of piperidine rings is 1. The molecule has 0 unspecified atom stereocenters. The molecule has 0 atom stereocenters. The standard InChI is InChI=1S/C24H24N4O3S2/c1-15-7-9-26(10-8-15)21-18(22(29)27-13-16(2)5-6-20(27)25-21)12-19-23(30)28(24(32)33-19)14-17-4-3-11-31-17/h3-6,11-13,15H,7-10,14H2,1-2H3/b19-12+. The fraction of sp³-hybridized carbons (Fsp3) is 0.333. The molecule has 0 aliphatic carbocycles. The zero-order valence-electron chi connectivity index (χ0n) is 18.5. The molecule has 33 heavy (non-hydrogen) atoms. The lowest BCUT2D eigenvalue weighted by Gasteiger charge is -2.32. The van der Waals surface area contributed by atoms with E-state index in [4.69, 9.17) is 21.6 Å². The van der Waals surface area contributed by atoms with E-state index in [1.165, 1.54) is 16.7 Å². The number of nitrogens with zero attached hydrogens (tertiary/aromatic N) is 4. The molecular formula is C24H24N4O3S2. The van der Waals surface area contributed by atoms with E-state index in [1.54, 1.807) is 35.1 Å². The van der Waals surface area contributed by atoms with Crippen LogP contribution in [0.5, 0.6) is 0 Å². The minimum atomic E-state index is -0.228. The highest BCUT2D eigenvalue weighted by atomic mass is 32.2. The Balaban J connectivity index is 1.59. The lowest BCUT2D eigenvalue weighted by Crippen LogP contribution is -2.36. The molecule has 0 spiro atoms. The Morgan fingerprint density at radius 3 is 2.76 bits per heavy atom. The number of aryl methyl sites for hydroxylation is 1. The molecule has 0 bridgehead atoms. The fourth-order valence-corrected chi connectivity index (χ4v) is 5.40. The van der Waals surface area contributed by atoms with Crippen molar-refractivity contribution in [3.8, 4) is 0 Å². The molecule has 5 heterocycles. The molecule has 2 aliphatic rings. The number of amides is 1. The van der Waals surface area contributed by atoms with Crippen molar-refractivity contribution in [2.45, 2.75) is 33.2 Å². The molecular weight excluding hydrogens is 456 g/mol. The van der Waals surface area contributed by atoms with Crippen LogP contribution in [0.25, 0.3) is 11.7 Å². The Morgan fingerprint density at radius 2 is 2.03 bits per heavy atom. The summed E-state index contributed by atoms with van der Waals surface area (Å²) in [6, 6.07) is 7.39. The highest BCUT2D eigenvalue weighted by molar-refractivity contribution is 8.26. The number of anilines is 1. The van der Waals surface area contributed by atoms with E-state index in [2.05, 4.69) is 11.8 Å². The van der Waals surface area contributed by atoms with Crippen LogP contribution in [-0.4, -0.2) is 37.6 Å². The summed E-state index contributed by atoms with van der Waals surface area (Å²) in [7, 11) is 0. The summed E-state index contributed by atoms with van der Waals surface area (Å²) in [6.07, 6.45) is 7.10. The van der Waals surface area contributed by atoms with Gasteiger partial charge in [0.25, 0.3) is 11.5 Å². The van der Waals surface area contributed by atoms with Crippen LogP contribution in [-0.2, 0) is 11.3 Å². The van der Waals surface area contributed by atoms with Crippen molar-refractivity contribution in [3.63, 3.8) is 0 Å². The number of rotatable bonds is 4. The largest absolute Gasteiger partial charge is 0.467 e. The van der Waals surface area contributed by atoms with Gasteiger partial charge in [0.05, 0.1) is 23.3 Å². The molecule has 9 heteroatoms. The highest BCUT2D eigenvalue weighted by Gasteiger charge is 2.33. The van der Waals surface area contributed by atoms with Crippen molar-refractivity contribution in [1.29, 1.82) is 0 Å². The van der Waals surface area contributed by atoms with Crippen LogP contribution >= 0.6 is 24.0 Å². The molecule has 1 amide bonds. The summed E-state index contributed by atoms with van der Waals surface area (Å²) in [4.78, 5) is 35.7. The van der Waals surface area contributed by atoms with E-state index < -0.39 is 0 Å². The maximum absolute atomic E-state index is 13.6. The Kier molecular flexibility index (Phi) is 5.84. The molecule has 2 fully saturated rings. The number of pyridine rings is 1. The van der Waals surface area contributed by atoms with Gasteiger partial charge in [0, 0.05) is 19.3 Å². The molecule has 7 nitrogen and oxygen atoms in total. The average molecular weight is 481 g/mol. The summed E-state index contributed by atoms with van der Waals surface area (Å²) in [6.45, 7) is 6.10. The Morgan fingerprint density at radius 1 is 1.24 bits per heavy atom. The van der Waals surface area contributed by atoms with Gasteiger partial charge in [-0.3, -0.25) is 18.9 Å². The second kappa shape index (κ2) is 8.79. The minimum Gasteiger partial charge on any atom is -0.467 e. The third kappa shape index (κ3) is 4.22. The number of hydrogen-bond acceptors (Lipinski definition) is 7. The maximum atomic E-state index is 13.6. The van der Waals surface area contributed by atoms with E-state index in [9.17, 15) is 9.59 Å². The Labute approximate surface area is 201 Å². The first-order chi connectivity index (χ1) is 15.9. The van der Waals surface area contributed by atoms with Crippen LogP contribution in [0.2, 0.25) is 0 Å². The van der Waals surface area contributed by atoms with E-state index in [0.717, 1.165) is 31.5 Å². The molecule has 0 aromatic carbocycles. The van der Waals surface area contributed by atoms with Crippen LogP contribution in [0, 0.1) is 12.8 Å². The van der Waals surface area contributed by atoms with Gasteiger partial charge in [0.2, 0.25) is 0 Å². The van der Waals surface area contributed by atoms with Crippen LogP contribution < -0.4 is 10.5 Å². The smallest absolute Gasteiger partial charge is 0.267 e. The second-order valence-corrected chi connectivity index (χ2v) is 10.3. The van der Waals surface area contributed by atoms with Gasteiger partial charge in [0.15, 0.2) is 0 Å². The Bertz CT molecular complexity index is 1320. The molecule has 0 N–H and O–H groups in total. The third-order valence-electron chi connectivity index (χ3n) is 6.11. The highest BCUT2D eigenvalue weighted by Crippen LogP contribution is 2.35. The summed E-state index contributed by atoms with van der Waals surface area (Å²) < 4.78 is 7.38. The zero-order valence-corrected chi connectivity index (χ0v) is 20.1. The fourth-order valence-electron chi connectivity index (χ4n) is 4.16. The van der Waals surface area contributed by atoms with Crippen LogP contribution in [0.4, 0.5) is 5.82 Å². The Hall–Kier alpha value is -2.91. The molecule has 5 rings (SSSR count). The molecule has 2 aliphatic heterocycles. The molecule has 0 radical (unpaired) electrons. The monoisotopic (exact) mass is 480 g/mol. The van der Waals surface area contributed by atoms with E-state index >= 15 is 0 Å². The summed E-state index contributed by atoms with van der Waals surface area (Å²) >= 11 is 6.66. The van der Waals surface area contributed by atoms with E-state index in [0.29, 0.717) is 37.9 Å². The lowest BCUT2D eigenvalue weighted by molar-refractivity contribution is -0.122. The third-order valence-corrected chi connectivity index (χ3v) is 7.49. The van der Waals surface area contributed by atoms with Crippen LogP contribution in [0.15, 0.2) is 50.8 Å². The van der Waals surface area contributed by atoms with Gasteiger partial charge in [-0.25, -0.2) is 4.98 Å². The van der Waals surface area contributed by atoms with Gasteiger partial charge in [0.1, 0.15) is 21.5 Å². The normalized spacial score (nSPS) is 18.8. The van der Waals surface area contributed by atoms with Crippen LogP contribution in [0.3, 0.4) is 0 Å². The van der Waals surface area contributed by atoms with Gasteiger partial charge in [-0.05, 0) is 55.5 Å². The molecule has 3 aromatic rings. The predicted octanol–water partition coefficient (Wildman–Crippen LogP) is 4.23. The minimum absolute atomic E-state index is 0.186. The number of carbonyl (C=O) groups excluding carboxylic acids is 1. The topological polar surface area (TPSA) is 71.1 Å². The van der Waals surface area contributed by atoms with Gasteiger partial charge in [-0.1, -0.05) is 37.0 Å². The number of furan rings is 1. The van der Waals surface area contributed by atoms with Crippen LogP contribution in [0.1, 0.15) is 36.7 Å². The first-order valence-electron chi connectivity index (χ1n) is 11.0. The van der Waals surface area contributed by atoms with Crippen molar-refractivity contribution in [2.24, 2.45) is 5.92 Å². The molecule has 170 valence electrons. The number of aromatic nitrogens is 2. The molecule has 3 aromatic heterocycles. The van der Waals surface area contributed by atoms with Crippen molar-refractivity contribution in [1.82, 2.24) is 14.3 Å². The lowest BCUT2D eigenvalue weighted by atomic mass is 9.99. The predicted molar refractivity (Wildman–Crippen MR) is 134 cm³/mol. The summed E-state index contributed by atoms with van der Waals surface area (Å²) in [5.41, 5.74) is 1.79. The first-order valence-corrected chi connectivity index (χ1v) is 12.2. The van der Waals surface area contributed by atoms with Crippen molar-refractivity contribution in [3.05, 3.63) is 68.9 Å². The van der Waals surface area contributed by atoms with Gasteiger partial charge in [-0.2, -0.15) is 0 Å². The number of fused-ring (bicyclic) bond motifs is 1. The quantitative estimate of drug-likeness (QED) is 0.409. The maximum Gasteiger partial charge on any atom is 0.267 e. The van der Waals surface area contributed by atoms with Gasteiger partial charge < -0.3 is 9.32 Å². The summed E-state index contributed by atoms with van der Waals surface area (Å²) in [5, 5.41) is 0. The number of hydrogen-bond donors (Lipinski definition) is 0. The van der Waals surface area contributed by atoms with E-state index in [1.807, 2.05) is 19.1 Å². The van der Waals surface area contributed by atoms with Gasteiger partial charge in [-0.15, -0.1) is 0 Å². The average Bonchev–Trinajstić information content (AvgIpc) is 3.41. The molecule has 2 saturated heterocycles. The SMILES string of the molecule is Cc1ccc2nc(N3CCC(C)CC3)c(/C=C3/SC(=S)N(Cc4ccco4)C3=O)c(=O)n2c1. The van der Waals surface area contributed by atoms with Crippen molar-refractivity contribution in [2.75, 3.05) is 18.0 Å². The van der Waals surface area contributed by atoms with E-state index in [-0.39, 0.29) is 18.0 Å². The van der Waals surface area contributed by atoms with Gasteiger partial charge >= 0.3 is 0 Å². The van der Waals surface area contributed by atoms with Crippen molar-refractivity contribution >= 4 is 51.7 Å². The number of thioether (sulfide) groups is 1. The first kappa shape index (κ1) is 21.9.